The first-order chi connectivity index (χ1) is 11.4. The Balaban J connectivity index is 1.67. The van der Waals surface area contributed by atoms with Gasteiger partial charge in [-0.15, -0.1) is 0 Å². The molecular weight excluding hydrogens is 314 g/mol. The first-order valence-corrected chi connectivity index (χ1v) is 8.52. The van der Waals surface area contributed by atoms with E-state index in [4.69, 9.17) is 12.2 Å². The van der Waals surface area contributed by atoms with Crippen molar-refractivity contribution in [2.75, 3.05) is 5.32 Å². The molecule has 3 rings (SSSR count). The standard InChI is InChI=1S/C20H23N3S/c1-13-5-6-14(2)18(9-13)22-20(24)21-12-16-7-8-19-17(11-16)10-15(3)23(19)4/h5-11H,12H2,1-4H3,(H2,21,22,24). The Morgan fingerprint density at radius 2 is 1.83 bits per heavy atom. The largest absolute Gasteiger partial charge is 0.358 e. The van der Waals surface area contributed by atoms with E-state index in [-0.39, 0.29) is 0 Å². The maximum absolute atomic E-state index is 5.43. The molecule has 0 saturated heterocycles. The summed E-state index contributed by atoms with van der Waals surface area (Å²) in [6.07, 6.45) is 0. The van der Waals surface area contributed by atoms with E-state index in [1.807, 2.05) is 0 Å². The first kappa shape index (κ1) is 16.5. The van der Waals surface area contributed by atoms with Crippen LogP contribution in [0.1, 0.15) is 22.4 Å². The summed E-state index contributed by atoms with van der Waals surface area (Å²) >= 11 is 5.43. The minimum absolute atomic E-state index is 0.646. The molecule has 0 spiro atoms. The van der Waals surface area contributed by atoms with Gasteiger partial charge in [-0.05, 0) is 73.9 Å². The minimum atomic E-state index is 0.646. The summed E-state index contributed by atoms with van der Waals surface area (Å²) in [6.45, 7) is 7.00. The van der Waals surface area contributed by atoms with Crippen LogP contribution in [-0.2, 0) is 13.6 Å². The second-order valence-corrected chi connectivity index (χ2v) is 6.77. The van der Waals surface area contributed by atoms with E-state index in [1.54, 1.807) is 0 Å². The van der Waals surface area contributed by atoms with Gasteiger partial charge in [-0.25, -0.2) is 0 Å². The zero-order chi connectivity index (χ0) is 17.3. The van der Waals surface area contributed by atoms with E-state index < -0.39 is 0 Å². The third kappa shape index (κ3) is 3.44. The Hall–Kier alpha value is -2.33. The van der Waals surface area contributed by atoms with Crippen LogP contribution in [0.3, 0.4) is 0 Å². The van der Waals surface area contributed by atoms with Gasteiger partial charge in [-0.2, -0.15) is 0 Å². The van der Waals surface area contributed by atoms with Gasteiger partial charge < -0.3 is 15.2 Å². The van der Waals surface area contributed by atoms with Crippen LogP contribution in [0.4, 0.5) is 5.69 Å². The molecule has 0 radical (unpaired) electrons. The first-order valence-electron chi connectivity index (χ1n) is 8.11. The molecule has 0 atom stereocenters. The van der Waals surface area contributed by atoms with E-state index >= 15 is 0 Å². The van der Waals surface area contributed by atoms with E-state index in [9.17, 15) is 0 Å². The van der Waals surface area contributed by atoms with Crippen molar-refractivity contribution < 1.29 is 0 Å². The summed E-state index contributed by atoms with van der Waals surface area (Å²) in [5, 5.41) is 8.49. The molecular formula is C20H23N3S. The van der Waals surface area contributed by atoms with Gasteiger partial charge in [0.05, 0.1) is 0 Å². The maximum Gasteiger partial charge on any atom is 0.171 e. The molecule has 24 heavy (non-hydrogen) atoms. The normalized spacial score (nSPS) is 10.8. The molecule has 2 aromatic carbocycles. The van der Waals surface area contributed by atoms with Crippen molar-refractivity contribution in [3.05, 3.63) is 64.8 Å². The fourth-order valence-corrected chi connectivity index (χ4v) is 3.05. The van der Waals surface area contributed by atoms with Gasteiger partial charge in [0.1, 0.15) is 0 Å². The van der Waals surface area contributed by atoms with E-state index in [1.165, 1.54) is 33.3 Å². The smallest absolute Gasteiger partial charge is 0.171 e. The number of nitrogens with zero attached hydrogens (tertiary/aromatic N) is 1. The highest BCUT2D eigenvalue weighted by Gasteiger charge is 2.05. The van der Waals surface area contributed by atoms with Gasteiger partial charge in [-0.3, -0.25) is 0 Å². The third-order valence-corrected chi connectivity index (χ3v) is 4.69. The Kier molecular flexibility index (Phi) is 4.58. The van der Waals surface area contributed by atoms with Crippen molar-refractivity contribution >= 4 is 33.9 Å². The summed E-state index contributed by atoms with van der Waals surface area (Å²) < 4.78 is 2.21. The summed E-state index contributed by atoms with van der Waals surface area (Å²) in [7, 11) is 2.10. The lowest BCUT2D eigenvalue weighted by atomic mass is 10.1. The molecule has 2 N–H and O–H groups in total. The predicted molar refractivity (Wildman–Crippen MR) is 107 cm³/mol. The number of fused-ring (bicyclic) bond motifs is 1. The number of hydrogen-bond donors (Lipinski definition) is 2. The van der Waals surface area contributed by atoms with Crippen molar-refractivity contribution in [2.24, 2.45) is 7.05 Å². The van der Waals surface area contributed by atoms with Gasteiger partial charge in [0.15, 0.2) is 5.11 Å². The Morgan fingerprint density at radius 1 is 1.04 bits per heavy atom. The van der Waals surface area contributed by atoms with Crippen LogP contribution < -0.4 is 10.6 Å². The number of thiocarbonyl (C=S) groups is 1. The predicted octanol–water partition coefficient (Wildman–Crippen LogP) is 4.59. The zero-order valence-corrected chi connectivity index (χ0v) is 15.4. The van der Waals surface area contributed by atoms with Crippen LogP contribution in [0.25, 0.3) is 10.9 Å². The molecule has 4 heteroatoms. The van der Waals surface area contributed by atoms with Crippen molar-refractivity contribution in [1.82, 2.24) is 9.88 Å². The lowest BCUT2D eigenvalue weighted by Gasteiger charge is -2.13. The van der Waals surface area contributed by atoms with Crippen LogP contribution in [0, 0.1) is 20.8 Å². The monoisotopic (exact) mass is 337 g/mol. The molecule has 0 amide bonds. The van der Waals surface area contributed by atoms with Crippen LogP contribution in [-0.4, -0.2) is 9.68 Å². The number of benzene rings is 2. The van der Waals surface area contributed by atoms with E-state index in [0.717, 1.165) is 5.69 Å². The highest BCUT2D eigenvalue weighted by molar-refractivity contribution is 7.80. The summed E-state index contributed by atoms with van der Waals surface area (Å²) in [6, 6.07) is 15.1. The van der Waals surface area contributed by atoms with Gasteiger partial charge in [0.25, 0.3) is 0 Å². The quantitative estimate of drug-likeness (QED) is 0.685. The van der Waals surface area contributed by atoms with Gasteiger partial charge >= 0.3 is 0 Å². The molecule has 124 valence electrons. The van der Waals surface area contributed by atoms with Crippen molar-refractivity contribution in [3.8, 4) is 0 Å². The molecule has 0 aliphatic carbocycles. The Morgan fingerprint density at radius 3 is 2.62 bits per heavy atom. The molecule has 0 aliphatic rings. The third-order valence-electron chi connectivity index (χ3n) is 4.44. The number of aromatic nitrogens is 1. The van der Waals surface area contributed by atoms with Crippen LogP contribution in [0.5, 0.6) is 0 Å². The van der Waals surface area contributed by atoms with Crippen LogP contribution in [0.2, 0.25) is 0 Å². The molecule has 1 aromatic heterocycles. The summed E-state index contributed by atoms with van der Waals surface area (Å²) in [4.78, 5) is 0. The Bertz CT molecular complexity index is 909. The number of rotatable bonds is 3. The molecule has 0 fully saturated rings. The minimum Gasteiger partial charge on any atom is -0.358 e. The second kappa shape index (κ2) is 6.65. The van der Waals surface area contributed by atoms with Crippen LogP contribution in [0.15, 0.2) is 42.5 Å². The number of nitrogens with one attached hydrogen (secondary N) is 2. The fraction of sp³-hybridized carbons (Fsp3) is 0.250. The topological polar surface area (TPSA) is 29.0 Å². The van der Waals surface area contributed by atoms with Crippen molar-refractivity contribution in [3.63, 3.8) is 0 Å². The molecule has 1 heterocycles. The summed E-state index contributed by atoms with van der Waals surface area (Å²) in [5.41, 5.74) is 7.20. The lowest BCUT2D eigenvalue weighted by Crippen LogP contribution is -2.28. The average molecular weight is 337 g/mol. The van der Waals surface area contributed by atoms with Crippen LogP contribution >= 0.6 is 12.2 Å². The average Bonchev–Trinajstić information content (AvgIpc) is 2.83. The molecule has 0 unspecified atom stereocenters. The number of anilines is 1. The molecule has 3 nitrogen and oxygen atoms in total. The Labute approximate surface area is 148 Å². The van der Waals surface area contributed by atoms with Gasteiger partial charge in [0.2, 0.25) is 0 Å². The molecule has 0 bridgehead atoms. The van der Waals surface area contributed by atoms with E-state index in [2.05, 4.69) is 85.5 Å². The molecule has 0 saturated carbocycles. The SMILES string of the molecule is Cc1ccc(C)c(NC(=S)NCc2ccc3c(c2)cc(C)n3C)c1. The highest BCUT2D eigenvalue weighted by Crippen LogP contribution is 2.20. The van der Waals surface area contributed by atoms with E-state index in [0.29, 0.717) is 11.7 Å². The van der Waals surface area contributed by atoms with Crippen molar-refractivity contribution in [1.29, 1.82) is 0 Å². The number of aryl methyl sites for hydroxylation is 4. The summed E-state index contributed by atoms with van der Waals surface area (Å²) in [5.74, 6) is 0. The zero-order valence-electron chi connectivity index (χ0n) is 14.6. The highest BCUT2D eigenvalue weighted by atomic mass is 32.1. The van der Waals surface area contributed by atoms with Gasteiger partial charge in [0, 0.05) is 35.9 Å². The molecule has 3 aromatic rings. The number of hydrogen-bond acceptors (Lipinski definition) is 1. The maximum atomic E-state index is 5.43. The second-order valence-electron chi connectivity index (χ2n) is 6.36. The lowest BCUT2D eigenvalue weighted by molar-refractivity contribution is 0.913. The van der Waals surface area contributed by atoms with Crippen molar-refractivity contribution in [2.45, 2.75) is 27.3 Å². The van der Waals surface area contributed by atoms with Gasteiger partial charge in [-0.1, -0.05) is 18.2 Å². The fourth-order valence-electron chi connectivity index (χ4n) is 2.87. The molecule has 0 aliphatic heterocycles.